The molecule has 214 valence electrons. The predicted molar refractivity (Wildman–Crippen MR) is 155 cm³/mol. The first-order chi connectivity index (χ1) is 20.2. The molecule has 1 fully saturated rings. The summed E-state index contributed by atoms with van der Waals surface area (Å²) in [5.41, 5.74) is 4.28. The molecule has 8 nitrogen and oxygen atoms in total. The number of aromatic carboxylic acids is 1. The molecule has 0 radical (unpaired) electrons. The molecule has 0 bridgehead atoms. The van der Waals surface area contributed by atoms with Crippen LogP contribution >= 0.6 is 11.3 Å². The van der Waals surface area contributed by atoms with Gasteiger partial charge in [0.05, 0.1) is 23.4 Å². The Kier molecular flexibility index (Phi) is 7.43. The smallest absolute Gasteiger partial charge is 0.355 e. The molecule has 0 aliphatic heterocycles. The molecule has 1 aliphatic rings. The van der Waals surface area contributed by atoms with Crippen molar-refractivity contribution in [3.05, 3.63) is 100 Å². The maximum Gasteiger partial charge on any atom is 0.355 e. The summed E-state index contributed by atoms with van der Waals surface area (Å²) in [5, 5.41) is 21.6. The number of thiazole rings is 1. The summed E-state index contributed by atoms with van der Waals surface area (Å²) < 4.78 is 48.6. The van der Waals surface area contributed by atoms with E-state index in [9.17, 15) is 18.5 Å². The van der Waals surface area contributed by atoms with Crippen molar-refractivity contribution >= 4 is 28.3 Å². The number of aromatic nitrogens is 3. The molecule has 1 unspecified atom stereocenters. The zero-order valence-electron chi connectivity index (χ0n) is 22.2. The van der Waals surface area contributed by atoms with E-state index in [1.807, 2.05) is 0 Å². The van der Waals surface area contributed by atoms with Crippen molar-refractivity contribution in [2.24, 2.45) is 5.14 Å². The molecule has 0 saturated heterocycles. The topological polar surface area (TPSA) is 120 Å². The number of nitrogens with two attached hydrogens (primary N) is 1. The van der Waals surface area contributed by atoms with E-state index < -0.39 is 28.6 Å². The lowest BCUT2D eigenvalue weighted by atomic mass is 9.95. The van der Waals surface area contributed by atoms with Crippen LogP contribution in [0.2, 0.25) is 0 Å². The van der Waals surface area contributed by atoms with Crippen LogP contribution < -0.4 is 9.88 Å². The minimum atomic E-state index is -1.97. The molecule has 3 aromatic carbocycles. The lowest BCUT2D eigenvalue weighted by Gasteiger charge is -2.11. The second-order valence-electron chi connectivity index (χ2n) is 9.88. The zero-order chi connectivity index (χ0) is 29.5. The average Bonchev–Trinajstić information content (AvgIpc) is 3.56. The van der Waals surface area contributed by atoms with Gasteiger partial charge < -0.3 is 9.84 Å². The summed E-state index contributed by atoms with van der Waals surface area (Å²) in [7, 11) is -0.429. The first-order valence-corrected chi connectivity index (χ1v) is 15.0. The normalized spacial score (nSPS) is 13.7. The average molecular weight is 607 g/mol. The zero-order valence-corrected chi connectivity index (χ0v) is 23.8. The molecule has 6 rings (SSSR count). The van der Waals surface area contributed by atoms with Crippen molar-refractivity contribution < 1.29 is 27.6 Å². The molecule has 1 aliphatic carbocycles. The Labute approximate surface area is 246 Å². The fraction of sp³-hybridized carbons (Fsp3) is 0.167. The van der Waals surface area contributed by atoms with Crippen molar-refractivity contribution in [1.82, 2.24) is 14.8 Å². The Balaban J connectivity index is 1.54. The minimum Gasteiger partial charge on any atom is -0.497 e. The highest BCUT2D eigenvalue weighted by Gasteiger charge is 2.34. The van der Waals surface area contributed by atoms with Gasteiger partial charge in [0.25, 0.3) is 0 Å². The maximum atomic E-state index is 15.2. The van der Waals surface area contributed by atoms with E-state index in [4.69, 9.17) is 15.0 Å². The number of carbonyl (C=O) groups is 1. The lowest BCUT2D eigenvalue weighted by Crippen LogP contribution is -2.06. The van der Waals surface area contributed by atoms with Crippen LogP contribution in [0.1, 0.15) is 46.1 Å². The number of hydrogen-bond donors (Lipinski definition) is 2. The minimum absolute atomic E-state index is 0.0927. The van der Waals surface area contributed by atoms with E-state index in [0.29, 0.717) is 38.8 Å². The van der Waals surface area contributed by atoms with E-state index >= 15 is 4.39 Å². The molecule has 5 aromatic rings. The third kappa shape index (κ3) is 5.36. The molecule has 3 N–H and O–H groups in total. The van der Waals surface area contributed by atoms with E-state index in [-0.39, 0.29) is 22.9 Å². The first kappa shape index (κ1) is 27.9. The largest absolute Gasteiger partial charge is 0.497 e. The Morgan fingerprint density at radius 2 is 1.93 bits per heavy atom. The molecule has 0 amide bonds. The highest BCUT2D eigenvalue weighted by atomic mass is 32.2. The van der Waals surface area contributed by atoms with Crippen LogP contribution in [0.3, 0.4) is 0 Å². The van der Waals surface area contributed by atoms with Gasteiger partial charge in [-0.25, -0.2) is 32.6 Å². The summed E-state index contributed by atoms with van der Waals surface area (Å²) in [4.78, 5) is 15.8. The van der Waals surface area contributed by atoms with Crippen LogP contribution in [-0.4, -0.2) is 37.2 Å². The summed E-state index contributed by atoms with van der Waals surface area (Å²) in [6.45, 7) is 0. The second-order valence-corrected chi connectivity index (χ2v) is 11.8. The van der Waals surface area contributed by atoms with Crippen LogP contribution in [0.25, 0.3) is 27.5 Å². The Bertz CT molecular complexity index is 1870. The van der Waals surface area contributed by atoms with Crippen LogP contribution in [0, 0.1) is 11.6 Å². The highest BCUT2D eigenvalue weighted by molar-refractivity contribution is 7.82. The van der Waals surface area contributed by atoms with E-state index in [1.165, 1.54) is 23.6 Å². The van der Waals surface area contributed by atoms with Gasteiger partial charge in [0, 0.05) is 34.4 Å². The van der Waals surface area contributed by atoms with Crippen molar-refractivity contribution in [2.45, 2.75) is 30.1 Å². The standard InChI is InChI=1S/C30H24F2N4O4S2/c1-40-20-4-2-3-18(13-20)21-14-19(8-9-23(21)31)27-22(11-16-5-10-26(42(33)39)24(32)12-16)28(17-6-7-17)36(35-27)30-34-25(15-41-30)29(37)38/h2-5,8-10,12-15,17H,6-7,11,33H2,1H3,(H,37,38). The van der Waals surface area contributed by atoms with E-state index in [2.05, 4.69) is 4.98 Å². The predicted octanol–water partition coefficient (Wildman–Crippen LogP) is 6.10. The fourth-order valence-electron chi connectivity index (χ4n) is 4.96. The van der Waals surface area contributed by atoms with Gasteiger partial charge in [-0.2, -0.15) is 5.10 Å². The molecular weight excluding hydrogens is 582 g/mol. The summed E-state index contributed by atoms with van der Waals surface area (Å²) in [5.74, 6) is -1.53. The molecule has 1 saturated carbocycles. The monoisotopic (exact) mass is 606 g/mol. The number of methoxy groups -OCH3 is 1. The third-order valence-corrected chi connectivity index (χ3v) is 8.67. The molecule has 2 heterocycles. The van der Waals surface area contributed by atoms with Gasteiger partial charge in [-0.1, -0.05) is 18.2 Å². The molecule has 1 atom stereocenters. The molecule has 2 aromatic heterocycles. The number of benzene rings is 3. The van der Waals surface area contributed by atoms with Gasteiger partial charge >= 0.3 is 5.97 Å². The molecular formula is C30H24F2N4O4S2. The number of rotatable bonds is 9. The fourth-order valence-corrected chi connectivity index (χ4v) is 6.17. The van der Waals surface area contributed by atoms with Gasteiger partial charge in [0.2, 0.25) is 5.13 Å². The van der Waals surface area contributed by atoms with Crippen molar-refractivity contribution in [2.75, 3.05) is 7.11 Å². The molecule has 0 spiro atoms. The van der Waals surface area contributed by atoms with Crippen LogP contribution in [0.15, 0.2) is 70.9 Å². The summed E-state index contributed by atoms with van der Waals surface area (Å²) in [6.07, 6.45) is 2.05. The van der Waals surface area contributed by atoms with Gasteiger partial charge in [-0.05, 0) is 66.4 Å². The molecule has 12 heteroatoms. The van der Waals surface area contributed by atoms with E-state index in [1.54, 1.807) is 54.3 Å². The third-order valence-electron chi connectivity index (χ3n) is 7.09. The van der Waals surface area contributed by atoms with Gasteiger partial charge in [-0.15, -0.1) is 11.3 Å². The lowest BCUT2D eigenvalue weighted by molar-refractivity contribution is 0.0691. The SMILES string of the molecule is COc1cccc(-c2cc(-c3nn(-c4nc(C(=O)O)cs4)c(C4CC4)c3Cc3ccc(S(N)=O)c(F)c3)ccc2F)c1. The highest BCUT2D eigenvalue weighted by Crippen LogP contribution is 2.46. The van der Waals surface area contributed by atoms with Crippen LogP contribution in [0.4, 0.5) is 8.78 Å². The number of ether oxygens (including phenoxy) is 1. The van der Waals surface area contributed by atoms with Gasteiger partial charge in [0.15, 0.2) is 5.69 Å². The second kappa shape index (κ2) is 11.2. The molecule has 42 heavy (non-hydrogen) atoms. The number of nitrogens with zero attached hydrogens (tertiary/aromatic N) is 3. The van der Waals surface area contributed by atoms with Crippen LogP contribution in [-0.2, 0) is 17.4 Å². The van der Waals surface area contributed by atoms with Crippen LogP contribution in [0.5, 0.6) is 5.75 Å². The Morgan fingerprint density at radius 1 is 1.12 bits per heavy atom. The number of carboxylic acids is 1. The Hall–Kier alpha value is -4.26. The van der Waals surface area contributed by atoms with Gasteiger partial charge in [0.1, 0.15) is 28.4 Å². The van der Waals surface area contributed by atoms with E-state index in [0.717, 1.165) is 35.4 Å². The van der Waals surface area contributed by atoms with Gasteiger partial charge in [-0.3, -0.25) is 0 Å². The quantitative estimate of drug-likeness (QED) is 0.209. The summed E-state index contributed by atoms with van der Waals surface area (Å²) >= 11 is 1.15. The number of carboxylic acid groups (broad SMARTS) is 1. The maximum absolute atomic E-state index is 15.2. The van der Waals surface area contributed by atoms with Crippen molar-refractivity contribution in [1.29, 1.82) is 0 Å². The van der Waals surface area contributed by atoms with Crippen molar-refractivity contribution in [3.63, 3.8) is 0 Å². The number of halogens is 2. The number of hydrogen-bond acceptors (Lipinski definition) is 6. The summed E-state index contributed by atoms with van der Waals surface area (Å²) in [6, 6.07) is 16.2. The Morgan fingerprint density at radius 3 is 2.60 bits per heavy atom. The van der Waals surface area contributed by atoms with Crippen molar-refractivity contribution in [3.8, 4) is 33.3 Å². The first-order valence-electron chi connectivity index (χ1n) is 12.9.